The van der Waals surface area contributed by atoms with E-state index < -0.39 is 0 Å². The van der Waals surface area contributed by atoms with E-state index in [1.165, 1.54) is 11.3 Å². The molecule has 136 valence electrons. The van der Waals surface area contributed by atoms with Gasteiger partial charge in [0.1, 0.15) is 5.69 Å². The zero-order chi connectivity index (χ0) is 17.9. The molecular weight excluding hydrogens is 348 g/mol. The Labute approximate surface area is 156 Å². The van der Waals surface area contributed by atoms with Gasteiger partial charge in [0.2, 0.25) is 0 Å². The molecule has 0 spiro atoms. The van der Waals surface area contributed by atoms with Gasteiger partial charge in [0.15, 0.2) is 0 Å². The molecule has 8 heteroatoms. The fourth-order valence-electron chi connectivity index (χ4n) is 3.48. The first-order valence-corrected chi connectivity index (χ1v) is 9.67. The third-order valence-corrected chi connectivity index (χ3v) is 5.49. The molecule has 7 nitrogen and oxygen atoms in total. The summed E-state index contributed by atoms with van der Waals surface area (Å²) in [5.74, 6) is -0.0865. The SMILES string of the molecule is Cn1nccc1C(=O)NCC[C@H]1CN(Cc2ccsc2)Cc2ccnn21. The van der Waals surface area contributed by atoms with E-state index in [2.05, 4.69) is 48.0 Å². The molecule has 3 aromatic heterocycles. The molecule has 1 aliphatic heterocycles. The van der Waals surface area contributed by atoms with Gasteiger partial charge >= 0.3 is 0 Å². The molecule has 1 atom stereocenters. The molecule has 0 saturated heterocycles. The lowest BCUT2D eigenvalue weighted by molar-refractivity contribution is 0.0937. The molecular formula is C18H22N6OS. The summed E-state index contributed by atoms with van der Waals surface area (Å²) in [6.07, 6.45) is 4.34. The van der Waals surface area contributed by atoms with Crippen LogP contribution in [0.3, 0.4) is 0 Å². The summed E-state index contributed by atoms with van der Waals surface area (Å²) in [5.41, 5.74) is 3.16. The lowest BCUT2D eigenvalue weighted by atomic mass is 10.1. The summed E-state index contributed by atoms with van der Waals surface area (Å²) in [5, 5.41) is 15.9. The van der Waals surface area contributed by atoms with Crippen LogP contribution in [0.25, 0.3) is 0 Å². The number of nitrogens with zero attached hydrogens (tertiary/aromatic N) is 5. The minimum atomic E-state index is -0.0865. The van der Waals surface area contributed by atoms with E-state index in [9.17, 15) is 4.79 Å². The first kappa shape index (κ1) is 17.0. The lowest BCUT2D eigenvalue weighted by Crippen LogP contribution is -2.39. The molecule has 1 N–H and O–H groups in total. The smallest absolute Gasteiger partial charge is 0.269 e. The highest BCUT2D eigenvalue weighted by Gasteiger charge is 2.25. The molecule has 0 bridgehead atoms. The average Bonchev–Trinajstić information content (AvgIpc) is 3.36. The highest BCUT2D eigenvalue weighted by Crippen LogP contribution is 2.24. The van der Waals surface area contributed by atoms with Crippen LogP contribution in [0, 0.1) is 0 Å². The standard InChI is InChI=1S/C18H22N6OS/c1-22-17(4-8-20-22)18(25)19-6-2-15-11-23(10-14-5-9-26-13-14)12-16-3-7-21-24(15)16/h3-5,7-9,13,15H,2,6,10-12H2,1H3,(H,19,25)/t15-/m0/s1. The van der Waals surface area contributed by atoms with Crippen LogP contribution in [0.1, 0.15) is 34.2 Å². The van der Waals surface area contributed by atoms with E-state index in [-0.39, 0.29) is 11.9 Å². The largest absolute Gasteiger partial charge is 0.351 e. The normalized spacial score (nSPS) is 17.2. The van der Waals surface area contributed by atoms with Gasteiger partial charge in [-0.2, -0.15) is 21.5 Å². The van der Waals surface area contributed by atoms with Gasteiger partial charge in [-0.15, -0.1) is 0 Å². The number of thiophene rings is 1. The van der Waals surface area contributed by atoms with E-state index in [0.29, 0.717) is 12.2 Å². The third kappa shape index (κ3) is 3.56. The Morgan fingerprint density at radius 3 is 2.96 bits per heavy atom. The second-order valence-electron chi connectivity index (χ2n) is 6.61. The number of hydrogen-bond acceptors (Lipinski definition) is 5. The minimum Gasteiger partial charge on any atom is -0.351 e. The molecule has 1 aliphatic rings. The number of aromatic nitrogens is 4. The topological polar surface area (TPSA) is 68.0 Å². The molecule has 0 fully saturated rings. The fourth-order valence-corrected chi connectivity index (χ4v) is 4.14. The number of fused-ring (bicyclic) bond motifs is 1. The van der Waals surface area contributed by atoms with Gasteiger partial charge in [0, 0.05) is 45.6 Å². The summed E-state index contributed by atoms with van der Waals surface area (Å²) in [6.45, 7) is 3.41. The maximum atomic E-state index is 12.2. The van der Waals surface area contributed by atoms with Crippen molar-refractivity contribution >= 4 is 17.2 Å². The van der Waals surface area contributed by atoms with E-state index in [0.717, 1.165) is 26.1 Å². The number of nitrogens with one attached hydrogen (secondary N) is 1. The number of hydrogen-bond donors (Lipinski definition) is 1. The molecule has 26 heavy (non-hydrogen) atoms. The maximum Gasteiger partial charge on any atom is 0.269 e. The van der Waals surface area contributed by atoms with Crippen molar-refractivity contribution in [3.05, 3.63) is 58.3 Å². The first-order valence-electron chi connectivity index (χ1n) is 8.73. The first-order chi connectivity index (χ1) is 12.7. The molecule has 0 aromatic carbocycles. The van der Waals surface area contributed by atoms with Crippen LogP contribution < -0.4 is 5.32 Å². The molecule has 3 aromatic rings. The highest BCUT2D eigenvalue weighted by atomic mass is 32.1. The van der Waals surface area contributed by atoms with Crippen molar-refractivity contribution in [3.8, 4) is 0 Å². The Bertz CT molecular complexity index is 868. The van der Waals surface area contributed by atoms with Crippen molar-refractivity contribution in [1.29, 1.82) is 0 Å². The Hall–Kier alpha value is -2.45. The number of amides is 1. The predicted octanol–water partition coefficient (Wildman–Crippen LogP) is 2.06. The van der Waals surface area contributed by atoms with Gasteiger partial charge in [-0.3, -0.25) is 19.1 Å². The third-order valence-electron chi connectivity index (χ3n) is 4.76. The van der Waals surface area contributed by atoms with Crippen molar-refractivity contribution in [2.45, 2.75) is 25.6 Å². The monoisotopic (exact) mass is 370 g/mol. The van der Waals surface area contributed by atoms with Crippen LogP contribution >= 0.6 is 11.3 Å². The van der Waals surface area contributed by atoms with Crippen molar-refractivity contribution < 1.29 is 4.79 Å². The minimum absolute atomic E-state index is 0.0865. The van der Waals surface area contributed by atoms with Gasteiger partial charge in [0.25, 0.3) is 5.91 Å². The van der Waals surface area contributed by atoms with Gasteiger partial charge < -0.3 is 5.32 Å². The van der Waals surface area contributed by atoms with Gasteiger partial charge in [-0.05, 0) is 40.9 Å². The average molecular weight is 370 g/mol. The Morgan fingerprint density at radius 1 is 1.31 bits per heavy atom. The van der Waals surface area contributed by atoms with Crippen LogP contribution in [-0.4, -0.2) is 43.5 Å². The summed E-state index contributed by atoms with van der Waals surface area (Å²) in [4.78, 5) is 14.7. The highest BCUT2D eigenvalue weighted by molar-refractivity contribution is 7.07. The van der Waals surface area contributed by atoms with Crippen molar-refractivity contribution in [2.75, 3.05) is 13.1 Å². The van der Waals surface area contributed by atoms with Gasteiger partial charge in [-0.1, -0.05) is 0 Å². The number of carbonyl (C=O) groups is 1. The van der Waals surface area contributed by atoms with Crippen LogP contribution in [0.2, 0.25) is 0 Å². The van der Waals surface area contributed by atoms with Crippen molar-refractivity contribution in [2.24, 2.45) is 7.05 Å². The number of rotatable bonds is 6. The Balaban J connectivity index is 1.37. The summed E-state index contributed by atoms with van der Waals surface area (Å²) in [7, 11) is 1.77. The molecule has 1 amide bonds. The maximum absolute atomic E-state index is 12.2. The van der Waals surface area contributed by atoms with Gasteiger partial charge in [0.05, 0.1) is 11.7 Å². The summed E-state index contributed by atoms with van der Waals surface area (Å²) >= 11 is 1.73. The van der Waals surface area contributed by atoms with Crippen LogP contribution in [0.5, 0.6) is 0 Å². The molecule has 0 unspecified atom stereocenters. The van der Waals surface area contributed by atoms with E-state index in [4.69, 9.17) is 0 Å². The number of carbonyl (C=O) groups excluding carboxylic acids is 1. The van der Waals surface area contributed by atoms with Crippen LogP contribution in [0.15, 0.2) is 41.4 Å². The van der Waals surface area contributed by atoms with Gasteiger partial charge in [-0.25, -0.2) is 0 Å². The van der Waals surface area contributed by atoms with E-state index in [1.807, 2.05) is 6.20 Å². The predicted molar refractivity (Wildman–Crippen MR) is 99.9 cm³/mol. The van der Waals surface area contributed by atoms with Crippen molar-refractivity contribution in [1.82, 2.24) is 29.8 Å². The van der Waals surface area contributed by atoms with Crippen LogP contribution in [-0.2, 0) is 20.1 Å². The Morgan fingerprint density at radius 2 is 2.19 bits per heavy atom. The molecule has 4 rings (SSSR count). The second kappa shape index (κ2) is 7.43. The zero-order valence-electron chi connectivity index (χ0n) is 14.7. The fraction of sp³-hybridized carbons (Fsp3) is 0.389. The second-order valence-corrected chi connectivity index (χ2v) is 7.39. The zero-order valence-corrected chi connectivity index (χ0v) is 15.5. The van der Waals surface area contributed by atoms with Crippen LogP contribution in [0.4, 0.5) is 0 Å². The molecule has 0 radical (unpaired) electrons. The quantitative estimate of drug-likeness (QED) is 0.721. The van der Waals surface area contributed by atoms with E-state index in [1.54, 1.807) is 35.3 Å². The summed E-state index contributed by atoms with van der Waals surface area (Å²) in [6, 6.07) is 6.25. The molecule has 0 aliphatic carbocycles. The lowest BCUT2D eigenvalue weighted by Gasteiger charge is -2.33. The molecule has 0 saturated carbocycles. The van der Waals surface area contributed by atoms with E-state index >= 15 is 0 Å². The summed E-state index contributed by atoms with van der Waals surface area (Å²) < 4.78 is 3.70. The number of aryl methyl sites for hydroxylation is 1. The Kier molecular flexibility index (Phi) is 4.85. The molecule has 4 heterocycles. The van der Waals surface area contributed by atoms with Crippen molar-refractivity contribution in [3.63, 3.8) is 0 Å².